The van der Waals surface area contributed by atoms with Crippen molar-refractivity contribution in [1.82, 2.24) is 29.9 Å². The summed E-state index contributed by atoms with van der Waals surface area (Å²) < 4.78 is 40.5. The van der Waals surface area contributed by atoms with Crippen LogP contribution >= 0.6 is 11.8 Å². The van der Waals surface area contributed by atoms with Gasteiger partial charge >= 0.3 is 6.18 Å². The van der Waals surface area contributed by atoms with Crippen LogP contribution in [0.4, 0.5) is 13.2 Å². The average molecular weight is 477 g/mol. The lowest BCUT2D eigenvalue weighted by Gasteiger charge is -2.21. The molecule has 176 valence electrons. The number of rotatable bonds is 7. The second-order valence-electron chi connectivity index (χ2n) is 9.31. The van der Waals surface area contributed by atoms with Gasteiger partial charge in [0.15, 0.2) is 11.0 Å². The highest BCUT2D eigenvalue weighted by molar-refractivity contribution is 7.99. The predicted molar refractivity (Wildman–Crippen MR) is 120 cm³/mol. The number of likely N-dealkylation sites (tertiary alicyclic amines) is 1. The Labute approximate surface area is 195 Å². The summed E-state index contributed by atoms with van der Waals surface area (Å²) in [4.78, 5) is 2.52. The van der Waals surface area contributed by atoms with Crippen molar-refractivity contribution < 1.29 is 13.2 Å². The quantitative estimate of drug-likeness (QED) is 0.432. The number of halogens is 3. The van der Waals surface area contributed by atoms with Gasteiger partial charge in [-0.25, -0.2) is 0 Å². The summed E-state index contributed by atoms with van der Waals surface area (Å²) >= 11 is 1.71. The van der Waals surface area contributed by atoms with Crippen LogP contribution in [0, 0.1) is 17.3 Å². The first-order chi connectivity index (χ1) is 15.9. The van der Waals surface area contributed by atoms with Crippen LogP contribution in [-0.2, 0) is 7.05 Å². The van der Waals surface area contributed by atoms with E-state index < -0.39 is 11.7 Å². The number of allylic oxidation sites excluding steroid dienone is 4. The molecule has 2 aliphatic carbocycles. The molecule has 2 aromatic heterocycles. The molecule has 1 aliphatic heterocycles. The molecular weight excluding hydrogens is 449 g/mol. The average Bonchev–Trinajstić information content (AvgIpc) is 3.15. The highest BCUT2D eigenvalue weighted by atomic mass is 32.2. The normalized spacial score (nSPS) is 27.3. The van der Waals surface area contributed by atoms with Crippen LogP contribution in [0.5, 0.6) is 0 Å². The summed E-state index contributed by atoms with van der Waals surface area (Å²) in [5.74, 6) is 2.53. The third kappa shape index (κ3) is 4.73. The summed E-state index contributed by atoms with van der Waals surface area (Å²) in [6.07, 6.45) is 7.45. The van der Waals surface area contributed by atoms with E-state index in [0.29, 0.717) is 17.8 Å². The summed E-state index contributed by atoms with van der Waals surface area (Å²) in [5.41, 5.74) is 0.723. The van der Waals surface area contributed by atoms with Gasteiger partial charge in [0.1, 0.15) is 0 Å². The predicted octanol–water partition coefficient (Wildman–Crippen LogP) is 4.53. The lowest BCUT2D eigenvalue weighted by atomic mass is 9.87. The number of alkyl halides is 3. The van der Waals surface area contributed by atoms with Gasteiger partial charge in [-0.1, -0.05) is 30.0 Å². The lowest BCUT2D eigenvalue weighted by molar-refractivity contribution is -0.0887. The Kier molecular flexibility index (Phi) is 6.07. The van der Waals surface area contributed by atoms with Crippen LogP contribution in [0.15, 0.2) is 47.4 Å². The zero-order valence-corrected chi connectivity index (χ0v) is 19.3. The fraction of sp³-hybridized carbons (Fsp3) is 0.565. The van der Waals surface area contributed by atoms with Crippen LogP contribution in [0.1, 0.15) is 25.7 Å². The monoisotopic (exact) mass is 476 g/mol. The molecule has 5 rings (SSSR count). The van der Waals surface area contributed by atoms with Gasteiger partial charge in [-0.05, 0) is 62.1 Å². The molecule has 6 nitrogen and oxygen atoms in total. The number of nitrogens with zero attached hydrogens (tertiary/aromatic N) is 6. The maximum absolute atomic E-state index is 12.8. The van der Waals surface area contributed by atoms with Gasteiger partial charge in [-0.3, -0.25) is 0 Å². The fourth-order valence-corrected chi connectivity index (χ4v) is 6.18. The maximum Gasteiger partial charge on any atom is 0.416 e. The molecule has 33 heavy (non-hydrogen) atoms. The molecule has 3 aliphatic rings. The van der Waals surface area contributed by atoms with Gasteiger partial charge in [-0.15, -0.1) is 10.2 Å². The van der Waals surface area contributed by atoms with Crippen molar-refractivity contribution in [2.75, 3.05) is 25.4 Å². The Balaban J connectivity index is 1.06. The summed E-state index contributed by atoms with van der Waals surface area (Å²) in [6.45, 7) is 3.20. The highest BCUT2D eigenvalue weighted by Gasteiger charge is 2.59. The zero-order chi connectivity index (χ0) is 23.1. The van der Waals surface area contributed by atoms with Gasteiger partial charge in [-0.2, -0.15) is 23.4 Å². The third-order valence-corrected chi connectivity index (χ3v) is 8.33. The molecule has 0 N–H and O–H groups in total. The van der Waals surface area contributed by atoms with Crippen molar-refractivity contribution in [3.8, 4) is 11.4 Å². The molecule has 3 heterocycles. The molecule has 0 bridgehead atoms. The second kappa shape index (κ2) is 8.87. The first-order valence-corrected chi connectivity index (χ1v) is 12.3. The number of aromatic nitrogens is 5. The minimum absolute atomic E-state index is 0.257. The molecule has 1 saturated carbocycles. The molecule has 1 saturated heterocycles. The molecule has 0 aromatic carbocycles. The Bertz CT molecular complexity index is 1050. The first-order valence-electron chi connectivity index (χ1n) is 11.3. The van der Waals surface area contributed by atoms with Gasteiger partial charge in [0.05, 0.1) is 18.0 Å². The van der Waals surface area contributed by atoms with Gasteiger partial charge < -0.3 is 9.47 Å². The van der Waals surface area contributed by atoms with Crippen molar-refractivity contribution in [3.63, 3.8) is 0 Å². The van der Waals surface area contributed by atoms with Gasteiger partial charge in [0, 0.05) is 24.9 Å². The van der Waals surface area contributed by atoms with Crippen LogP contribution in [0.25, 0.3) is 11.4 Å². The van der Waals surface area contributed by atoms with Crippen LogP contribution in [0.3, 0.4) is 0 Å². The standard InChI is InChI=1S/C23H27F3N6S/c1-31-20(17-7-9-27-28-14-17)29-30-21(31)33-12-2-10-32-11-8-22(15-32)13-19(22)16-3-5-18(6-4-16)23(24,25)26/h3,5-7,9,14,16,19H,2,4,8,10-13,15H2,1H3/t16?,19-,22?/m1/s1. The Morgan fingerprint density at radius 3 is 2.85 bits per heavy atom. The molecule has 10 heteroatoms. The summed E-state index contributed by atoms with van der Waals surface area (Å²) in [5, 5.41) is 17.2. The van der Waals surface area contributed by atoms with Crippen molar-refractivity contribution >= 4 is 11.8 Å². The molecule has 0 radical (unpaired) electrons. The Morgan fingerprint density at radius 1 is 1.24 bits per heavy atom. The number of hydrogen-bond donors (Lipinski definition) is 0. The van der Waals surface area contributed by atoms with E-state index in [4.69, 9.17) is 0 Å². The van der Waals surface area contributed by atoms with Crippen molar-refractivity contribution in [1.29, 1.82) is 0 Å². The highest BCUT2D eigenvalue weighted by Crippen LogP contribution is 2.63. The van der Waals surface area contributed by atoms with Crippen LogP contribution in [0.2, 0.25) is 0 Å². The Hall–Kier alpha value is -2.20. The fourth-order valence-electron chi connectivity index (χ4n) is 5.34. The molecule has 2 aromatic rings. The van der Waals surface area contributed by atoms with Crippen LogP contribution < -0.4 is 0 Å². The van der Waals surface area contributed by atoms with E-state index in [-0.39, 0.29) is 5.92 Å². The molecule has 1 spiro atoms. The number of thioether (sulfide) groups is 1. The van der Waals surface area contributed by atoms with Gasteiger partial charge in [0.25, 0.3) is 0 Å². The maximum atomic E-state index is 12.8. The largest absolute Gasteiger partial charge is 0.416 e. The van der Waals surface area contributed by atoms with E-state index in [9.17, 15) is 13.2 Å². The van der Waals surface area contributed by atoms with Crippen molar-refractivity contribution in [3.05, 3.63) is 42.3 Å². The summed E-state index contributed by atoms with van der Waals surface area (Å²) in [7, 11) is 1.96. The first kappa shape index (κ1) is 22.6. The van der Waals surface area contributed by atoms with E-state index in [1.54, 1.807) is 30.2 Å². The zero-order valence-electron chi connectivity index (χ0n) is 18.5. The van der Waals surface area contributed by atoms with Crippen molar-refractivity contribution in [2.45, 2.75) is 37.0 Å². The van der Waals surface area contributed by atoms with E-state index in [1.807, 2.05) is 17.7 Å². The Morgan fingerprint density at radius 2 is 2.12 bits per heavy atom. The minimum atomic E-state index is -4.23. The topological polar surface area (TPSA) is 59.7 Å². The van der Waals surface area contributed by atoms with E-state index in [0.717, 1.165) is 61.2 Å². The lowest BCUT2D eigenvalue weighted by Crippen LogP contribution is -2.24. The smallest absolute Gasteiger partial charge is 0.305 e. The van der Waals surface area contributed by atoms with E-state index in [1.165, 1.54) is 12.2 Å². The van der Waals surface area contributed by atoms with Crippen LogP contribution in [-0.4, -0.2) is 61.4 Å². The summed E-state index contributed by atoms with van der Waals surface area (Å²) in [6, 6.07) is 1.87. The molecular formula is C23H27F3N6S. The second-order valence-corrected chi connectivity index (χ2v) is 10.4. The molecule has 2 fully saturated rings. The third-order valence-electron chi connectivity index (χ3n) is 7.22. The van der Waals surface area contributed by atoms with E-state index in [2.05, 4.69) is 25.3 Å². The molecule has 3 atom stereocenters. The molecule has 0 amide bonds. The van der Waals surface area contributed by atoms with Gasteiger partial charge in [0.2, 0.25) is 0 Å². The van der Waals surface area contributed by atoms with Crippen molar-refractivity contribution in [2.24, 2.45) is 24.3 Å². The number of hydrogen-bond acceptors (Lipinski definition) is 6. The minimum Gasteiger partial charge on any atom is -0.305 e. The SMILES string of the molecule is Cn1c(SCCCN2CCC3(C[C@@H]3C3C=CC(C(F)(F)F)=CC3)C2)nnc1-c1ccnnc1. The van der Waals surface area contributed by atoms with E-state index >= 15 is 0 Å². The molecule has 2 unspecified atom stereocenters.